The molecule has 0 atom stereocenters. The molecule has 0 saturated heterocycles. The molecule has 0 aliphatic heterocycles. The van der Waals surface area contributed by atoms with Gasteiger partial charge in [0.15, 0.2) is 0 Å². The molecule has 4 radical (unpaired) electrons. The van der Waals surface area contributed by atoms with Crippen molar-refractivity contribution in [3.63, 3.8) is 0 Å². The van der Waals surface area contributed by atoms with Gasteiger partial charge in [0.25, 0.3) is 6.08 Å². The minimum absolute atomic E-state index is 0. The molecule has 0 unspecified atom stereocenters. The summed E-state index contributed by atoms with van der Waals surface area (Å²) in [6, 6.07) is 0. The fraction of sp³-hybridized carbons (Fsp3) is 0. The van der Waals surface area contributed by atoms with Gasteiger partial charge in [-0.1, -0.05) is 0 Å². The molecular weight excluding hydrogens is 90.1 g/mol. The quantitative estimate of drug-likeness (QED) is 0.391. The summed E-state index contributed by atoms with van der Waals surface area (Å²) >= 11 is 0. The average Bonchev–Trinajstić information content (AvgIpc) is 0.811. The van der Waals surface area contributed by atoms with E-state index in [1.165, 1.54) is 0 Å². The predicted octanol–water partition coefficient (Wildman–Crippen LogP) is 1.02. The van der Waals surface area contributed by atoms with Crippen molar-refractivity contribution in [1.29, 1.82) is 0 Å². The minimum Gasteiger partial charge on any atom is -0.174 e. The molecule has 0 spiro atoms. The fourth-order valence-corrected chi connectivity index (χ4v) is 0. The molecule has 3 heteroatoms. The van der Waals surface area contributed by atoms with Crippen molar-refractivity contribution >= 4 is 11.0 Å². The van der Waals surface area contributed by atoms with E-state index in [2.05, 4.69) is 6.58 Å². The van der Waals surface area contributed by atoms with E-state index in [0.29, 0.717) is 0 Å². The van der Waals surface area contributed by atoms with E-state index in [0.717, 1.165) is 0 Å². The Kier molecular flexibility index (Phi) is 6.75. The van der Waals surface area contributed by atoms with E-state index in [4.69, 9.17) is 0 Å². The Balaban J connectivity index is 0. The van der Waals surface area contributed by atoms with Gasteiger partial charge < -0.3 is 0 Å². The number of rotatable bonds is 0. The van der Waals surface area contributed by atoms with Gasteiger partial charge in [-0.3, -0.25) is 0 Å². The second-order valence-electron chi connectivity index (χ2n) is 0.339. The zero-order chi connectivity index (χ0) is 3.58. The first-order valence-corrected chi connectivity index (χ1v) is 0.732. The Labute approximate surface area is 33.5 Å². The third-order valence-electron chi connectivity index (χ3n) is 0. The van der Waals surface area contributed by atoms with Gasteiger partial charge in [-0.2, -0.15) is 8.78 Å². The molecule has 0 heterocycles. The van der Waals surface area contributed by atoms with Gasteiger partial charge in [-0.15, -0.1) is 0 Å². The Hall–Kier alpha value is -0.183. The molecule has 0 aromatic heterocycles. The van der Waals surface area contributed by atoms with Crippen LogP contribution in [0.25, 0.3) is 0 Å². The van der Waals surface area contributed by atoms with Gasteiger partial charge in [-0.05, 0) is 6.58 Å². The van der Waals surface area contributed by atoms with Crippen LogP contribution in [0, 0.1) is 0 Å². The summed E-state index contributed by atoms with van der Waals surface area (Å²) in [5.41, 5.74) is 0. The lowest BCUT2D eigenvalue weighted by Crippen LogP contribution is -1.33. The molecule has 0 saturated carbocycles. The second-order valence-corrected chi connectivity index (χ2v) is 0.339. The molecule has 0 nitrogen and oxygen atoms in total. The van der Waals surface area contributed by atoms with Crippen LogP contribution in [-0.2, 0) is 0 Å². The Morgan fingerprint density at radius 2 is 1.40 bits per heavy atom. The molecule has 0 amide bonds. The van der Waals surface area contributed by atoms with Gasteiger partial charge >= 0.3 is 0 Å². The van der Waals surface area contributed by atoms with Crippen molar-refractivity contribution in [2.24, 2.45) is 0 Å². The van der Waals surface area contributed by atoms with Crippen LogP contribution in [-0.4, -0.2) is 11.0 Å². The first kappa shape index (κ1) is 8.84. The van der Waals surface area contributed by atoms with Crippen molar-refractivity contribution < 1.29 is 8.78 Å². The first-order valence-electron chi connectivity index (χ1n) is 0.732. The third-order valence-corrected chi connectivity index (χ3v) is 0. The molecule has 0 fully saturated rings. The van der Waals surface area contributed by atoms with Crippen molar-refractivity contribution in [3.8, 4) is 0 Å². The molecule has 0 aliphatic rings. The van der Waals surface area contributed by atoms with E-state index in [9.17, 15) is 8.78 Å². The Morgan fingerprint density at radius 1 is 1.40 bits per heavy atom. The van der Waals surface area contributed by atoms with Crippen LogP contribution in [0.1, 0.15) is 0 Å². The number of halogens is 2. The van der Waals surface area contributed by atoms with Gasteiger partial charge in [0, 0.05) is 11.0 Å². The maximum atomic E-state index is 10.1. The number of hydrogen-bond acceptors (Lipinski definition) is 0. The fourth-order valence-electron chi connectivity index (χ4n) is 0. The van der Waals surface area contributed by atoms with Crippen molar-refractivity contribution in [2.75, 3.05) is 0 Å². The second kappa shape index (κ2) is 3.82. The topological polar surface area (TPSA) is 0 Å². The van der Waals surface area contributed by atoms with Crippen molar-refractivity contribution in [1.82, 2.24) is 0 Å². The zero-order valence-corrected chi connectivity index (χ0v) is 3.46. The third kappa shape index (κ3) is 376. The normalized spacial score (nSPS) is 5.20. The Morgan fingerprint density at radius 3 is 1.40 bits per heavy atom. The molecule has 28 valence electrons. The van der Waals surface area contributed by atoms with Gasteiger partial charge in [-0.25, -0.2) is 0 Å². The highest BCUT2D eigenvalue weighted by molar-refractivity contribution is 5.75. The number of hydrogen-bond donors (Lipinski definition) is 0. The lowest BCUT2D eigenvalue weighted by molar-refractivity contribution is 0.426. The summed E-state index contributed by atoms with van der Waals surface area (Å²) in [6.45, 7) is 2.22. The van der Waals surface area contributed by atoms with Crippen LogP contribution >= 0.6 is 0 Å². The molecule has 5 heavy (non-hydrogen) atoms. The maximum Gasteiger partial charge on any atom is 0.263 e. The standard InChI is InChI=1S/C2H2F2.Si/c1-2(3)4;/h1H2;. The van der Waals surface area contributed by atoms with E-state index in [-0.39, 0.29) is 11.0 Å². The summed E-state index contributed by atoms with van der Waals surface area (Å²) < 4.78 is 20.3. The summed E-state index contributed by atoms with van der Waals surface area (Å²) in [7, 11) is 0. The average molecular weight is 92.1 g/mol. The van der Waals surface area contributed by atoms with Gasteiger partial charge in [0.1, 0.15) is 0 Å². The molecule has 0 aliphatic carbocycles. The molecule has 0 aromatic rings. The van der Waals surface area contributed by atoms with Crippen LogP contribution < -0.4 is 0 Å². The lowest BCUT2D eigenvalue weighted by Gasteiger charge is -1.54. The van der Waals surface area contributed by atoms with Crippen LogP contribution in [0.15, 0.2) is 12.7 Å². The highest BCUT2D eigenvalue weighted by atomic mass is 28.1. The van der Waals surface area contributed by atoms with Crippen LogP contribution in [0.5, 0.6) is 0 Å². The minimum atomic E-state index is -1.83. The molecule has 0 rings (SSSR count). The van der Waals surface area contributed by atoms with Crippen LogP contribution in [0.2, 0.25) is 0 Å². The molecule has 0 aromatic carbocycles. The highest BCUT2D eigenvalue weighted by Gasteiger charge is 1.65. The molecule has 0 bridgehead atoms. The summed E-state index contributed by atoms with van der Waals surface area (Å²) in [5, 5.41) is 0. The van der Waals surface area contributed by atoms with Crippen molar-refractivity contribution in [3.05, 3.63) is 12.7 Å². The van der Waals surface area contributed by atoms with E-state index < -0.39 is 6.08 Å². The molecular formula is C2H2F2Si. The van der Waals surface area contributed by atoms with Crippen molar-refractivity contribution in [2.45, 2.75) is 0 Å². The van der Waals surface area contributed by atoms with Gasteiger partial charge in [0.2, 0.25) is 0 Å². The predicted molar refractivity (Wildman–Crippen MR) is 17.1 cm³/mol. The summed E-state index contributed by atoms with van der Waals surface area (Å²) in [6.07, 6.45) is -1.83. The zero-order valence-electron chi connectivity index (χ0n) is 2.46. The monoisotopic (exact) mass is 92.0 g/mol. The van der Waals surface area contributed by atoms with Gasteiger partial charge in [0.05, 0.1) is 0 Å². The largest absolute Gasteiger partial charge is 0.263 e. The van der Waals surface area contributed by atoms with Crippen LogP contribution in [0.4, 0.5) is 8.78 Å². The lowest BCUT2D eigenvalue weighted by atomic mass is 11.2. The Bertz CT molecular complexity index is 30.6. The first-order chi connectivity index (χ1) is 1.73. The molecule has 0 N–H and O–H groups in total. The van der Waals surface area contributed by atoms with E-state index in [1.807, 2.05) is 0 Å². The van der Waals surface area contributed by atoms with E-state index in [1.54, 1.807) is 0 Å². The van der Waals surface area contributed by atoms with E-state index >= 15 is 0 Å². The summed E-state index contributed by atoms with van der Waals surface area (Å²) in [4.78, 5) is 0. The highest BCUT2D eigenvalue weighted by Crippen LogP contribution is 1.85. The maximum absolute atomic E-state index is 10.1. The van der Waals surface area contributed by atoms with Crippen LogP contribution in [0.3, 0.4) is 0 Å². The SMILES string of the molecule is C=C(F)F.[Si]. The smallest absolute Gasteiger partial charge is 0.174 e. The summed E-state index contributed by atoms with van der Waals surface area (Å²) in [5.74, 6) is 0.